The van der Waals surface area contributed by atoms with Gasteiger partial charge < -0.3 is 9.88 Å². The third-order valence-electron chi connectivity index (χ3n) is 4.32. The van der Waals surface area contributed by atoms with E-state index in [1.165, 1.54) is 53.8 Å². The number of amides is 1. The van der Waals surface area contributed by atoms with Gasteiger partial charge in [0.25, 0.3) is 11.2 Å². The molecule has 140 valence electrons. The lowest BCUT2D eigenvalue weighted by molar-refractivity contribution is -0.384. The van der Waals surface area contributed by atoms with Gasteiger partial charge in [0.15, 0.2) is 11.2 Å². The average molecular weight is 372 g/mol. The number of imidazole rings is 1. The van der Waals surface area contributed by atoms with Crippen molar-refractivity contribution in [2.45, 2.75) is 13.0 Å². The number of carbonyl (C=O) groups is 1. The summed E-state index contributed by atoms with van der Waals surface area (Å²) in [6.45, 7) is 1.58. The van der Waals surface area contributed by atoms with Crippen molar-refractivity contribution in [3.8, 4) is 0 Å². The summed E-state index contributed by atoms with van der Waals surface area (Å²) in [6.07, 6.45) is 1.32. The largest absolute Gasteiger partial charge is 0.332 e. The molecule has 2 aromatic heterocycles. The van der Waals surface area contributed by atoms with Crippen molar-refractivity contribution in [2.75, 3.05) is 5.32 Å². The molecular formula is C16H16N6O5. The van der Waals surface area contributed by atoms with Gasteiger partial charge in [0.2, 0.25) is 5.91 Å². The molecule has 0 bridgehead atoms. The molecule has 2 heterocycles. The summed E-state index contributed by atoms with van der Waals surface area (Å²) in [5.41, 5.74) is -0.474. The Balaban J connectivity index is 1.95. The molecular weight excluding hydrogens is 356 g/mol. The molecule has 0 saturated heterocycles. The summed E-state index contributed by atoms with van der Waals surface area (Å²) in [4.78, 5) is 51.2. The van der Waals surface area contributed by atoms with E-state index < -0.39 is 28.1 Å². The maximum Gasteiger partial charge on any atom is 0.332 e. The number of carbonyl (C=O) groups excluding carboxylic acids is 1. The first-order valence-corrected chi connectivity index (χ1v) is 7.90. The van der Waals surface area contributed by atoms with Crippen LogP contribution in [0.1, 0.15) is 13.0 Å². The number of fused-ring (bicyclic) bond motifs is 1. The second-order valence-corrected chi connectivity index (χ2v) is 6.00. The molecule has 0 fully saturated rings. The third kappa shape index (κ3) is 2.99. The first-order valence-electron chi connectivity index (χ1n) is 7.90. The molecule has 1 atom stereocenters. The number of aryl methyl sites for hydroxylation is 1. The number of nitrogens with zero attached hydrogens (tertiary/aromatic N) is 5. The first-order chi connectivity index (χ1) is 12.7. The molecule has 0 aliphatic rings. The van der Waals surface area contributed by atoms with Crippen LogP contribution in [0.25, 0.3) is 11.2 Å². The van der Waals surface area contributed by atoms with Crippen LogP contribution in [0.4, 0.5) is 11.4 Å². The van der Waals surface area contributed by atoms with Crippen LogP contribution in [0.5, 0.6) is 0 Å². The van der Waals surface area contributed by atoms with Crippen LogP contribution in [0.15, 0.2) is 40.2 Å². The Hall–Kier alpha value is -3.76. The maximum atomic E-state index is 12.6. The molecule has 3 rings (SSSR count). The number of nitro benzene ring substituents is 1. The summed E-state index contributed by atoms with van der Waals surface area (Å²) in [5, 5.41) is 13.3. The Morgan fingerprint density at radius 3 is 2.41 bits per heavy atom. The van der Waals surface area contributed by atoms with E-state index in [2.05, 4.69) is 10.3 Å². The highest BCUT2D eigenvalue weighted by Crippen LogP contribution is 2.18. The molecule has 1 amide bonds. The van der Waals surface area contributed by atoms with Crippen molar-refractivity contribution in [1.82, 2.24) is 18.7 Å². The van der Waals surface area contributed by atoms with Gasteiger partial charge in [-0.2, -0.15) is 0 Å². The molecule has 1 unspecified atom stereocenters. The lowest BCUT2D eigenvalue weighted by Crippen LogP contribution is -2.38. The number of anilines is 1. The Kier molecular flexibility index (Phi) is 4.35. The molecule has 0 aliphatic heterocycles. The molecule has 3 aromatic rings. The number of rotatable bonds is 4. The number of nitro groups is 1. The summed E-state index contributed by atoms with van der Waals surface area (Å²) >= 11 is 0. The smallest absolute Gasteiger partial charge is 0.324 e. The number of hydrogen-bond acceptors (Lipinski definition) is 6. The number of hydrogen-bond donors (Lipinski definition) is 1. The lowest BCUT2D eigenvalue weighted by atomic mass is 10.2. The van der Waals surface area contributed by atoms with E-state index in [4.69, 9.17) is 0 Å². The van der Waals surface area contributed by atoms with Crippen LogP contribution >= 0.6 is 0 Å². The molecule has 1 aromatic carbocycles. The Labute approximate surface area is 151 Å². The molecule has 27 heavy (non-hydrogen) atoms. The summed E-state index contributed by atoms with van der Waals surface area (Å²) in [7, 11) is 2.84. The van der Waals surface area contributed by atoms with Crippen molar-refractivity contribution in [3.63, 3.8) is 0 Å². The minimum atomic E-state index is -0.810. The van der Waals surface area contributed by atoms with Gasteiger partial charge in [-0.1, -0.05) is 0 Å². The van der Waals surface area contributed by atoms with Crippen LogP contribution < -0.4 is 16.6 Å². The predicted octanol–water partition coefficient (Wildman–Crippen LogP) is 0.542. The second kappa shape index (κ2) is 6.52. The SMILES string of the molecule is CC(C(=O)Nc1ccc([N+](=O)[O-])cc1)n1cnc2c1c(=O)n(C)c(=O)n2C. The average Bonchev–Trinajstić information content (AvgIpc) is 3.09. The fourth-order valence-electron chi connectivity index (χ4n) is 2.70. The van der Waals surface area contributed by atoms with Crippen LogP contribution in [0, 0.1) is 10.1 Å². The minimum Gasteiger partial charge on any atom is -0.324 e. The molecule has 11 heteroatoms. The van der Waals surface area contributed by atoms with Gasteiger partial charge in [0.1, 0.15) is 6.04 Å². The predicted molar refractivity (Wildman–Crippen MR) is 96.7 cm³/mol. The standard InChI is InChI=1S/C16H16N6O5/c1-9(14(23)18-10-4-6-11(7-5-10)22(26)27)21-8-17-13-12(21)15(24)20(3)16(25)19(13)2/h4-9H,1-3H3,(H,18,23). The highest BCUT2D eigenvalue weighted by Gasteiger charge is 2.22. The number of benzene rings is 1. The normalized spacial score (nSPS) is 12.1. The van der Waals surface area contributed by atoms with Gasteiger partial charge in [-0.25, -0.2) is 9.78 Å². The quantitative estimate of drug-likeness (QED) is 0.525. The second-order valence-electron chi connectivity index (χ2n) is 6.00. The topological polar surface area (TPSA) is 134 Å². The molecule has 0 aliphatic carbocycles. The van der Waals surface area contributed by atoms with Gasteiger partial charge in [-0.3, -0.25) is 28.8 Å². The van der Waals surface area contributed by atoms with E-state index in [0.29, 0.717) is 5.69 Å². The number of non-ortho nitro benzene ring substituents is 1. The fraction of sp³-hybridized carbons (Fsp3) is 0.250. The van der Waals surface area contributed by atoms with Crippen molar-refractivity contribution in [3.05, 3.63) is 61.5 Å². The highest BCUT2D eigenvalue weighted by molar-refractivity contribution is 5.94. The van der Waals surface area contributed by atoms with Gasteiger partial charge in [-0.15, -0.1) is 0 Å². The van der Waals surface area contributed by atoms with Gasteiger partial charge in [-0.05, 0) is 19.1 Å². The third-order valence-corrected chi connectivity index (χ3v) is 4.32. The van der Waals surface area contributed by atoms with Crippen molar-refractivity contribution in [2.24, 2.45) is 14.1 Å². The molecule has 11 nitrogen and oxygen atoms in total. The molecule has 1 N–H and O–H groups in total. The summed E-state index contributed by atoms with van der Waals surface area (Å²) < 4.78 is 3.56. The molecule has 0 saturated carbocycles. The van der Waals surface area contributed by atoms with E-state index >= 15 is 0 Å². The Morgan fingerprint density at radius 1 is 1.19 bits per heavy atom. The van der Waals surface area contributed by atoms with Crippen molar-refractivity contribution >= 4 is 28.4 Å². The van der Waals surface area contributed by atoms with Crippen molar-refractivity contribution in [1.29, 1.82) is 0 Å². The molecule has 0 spiro atoms. The zero-order valence-corrected chi connectivity index (χ0v) is 14.7. The zero-order valence-electron chi connectivity index (χ0n) is 14.7. The van der Waals surface area contributed by atoms with E-state index in [9.17, 15) is 24.5 Å². The van der Waals surface area contributed by atoms with Crippen LogP contribution in [-0.2, 0) is 18.9 Å². The summed E-state index contributed by atoms with van der Waals surface area (Å²) in [5.74, 6) is -0.445. The van der Waals surface area contributed by atoms with Crippen LogP contribution in [0.3, 0.4) is 0 Å². The Bertz CT molecular complexity index is 1170. The van der Waals surface area contributed by atoms with Gasteiger partial charge in [0, 0.05) is 31.9 Å². The van der Waals surface area contributed by atoms with Crippen LogP contribution in [0.2, 0.25) is 0 Å². The fourth-order valence-corrected chi connectivity index (χ4v) is 2.70. The van der Waals surface area contributed by atoms with Crippen molar-refractivity contribution < 1.29 is 9.72 Å². The molecule has 0 radical (unpaired) electrons. The van der Waals surface area contributed by atoms with E-state index in [-0.39, 0.29) is 16.9 Å². The number of nitrogens with one attached hydrogen (secondary N) is 1. The monoisotopic (exact) mass is 372 g/mol. The first kappa shape index (κ1) is 18.0. The number of aromatic nitrogens is 4. The zero-order chi connectivity index (χ0) is 19.9. The Morgan fingerprint density at radius 2 is 1.81 bits per heavy atom. The lowest BCUT2D eigenvalue weighted by Gasteiger charge is -2.14. The van der Waals surface area contributed by atoms with Gasteiger partial charge in [0.05, 0.1) is 11.3 Å². The van der Waals surface area contributed by atoms with E-state index in [1.807, 2.05) is 0 Å². The van der Waals surface area contributed by atoms with Crippen LogP contribution in [-0.4, -0.2) is 29.5 Å². The maximum absolute atomic E-state index is 12.6. The summed E-state index contributed by atoms with van der Waals surface area (Å²) in [6, 6.07) is 4.57. The minimum absolute atomic E-state index is 0.0916. The highest BCUT2D eigenvalue weighted by atomic mass is 16.6. The van der Waals surface area contributed by atoms with E-state index in [0.717, 1.165) is 4.57 Å². The van der Waals surface area contributed by atoms with E-state index in [1.54, 1.807) is 6.92 Å². The van der Waals surface area contributed by atoms with Gasteiger partial charge >= 0.3 is 5.69 Å².